The van der Waals surface area contributed by atoms with Gasteiger partial charge in [0.15, 0.2) is 0 Å². The van der Waals surface area contributed by atoms with E-state index in [1.807, 2.05) is 0 Å². The fourth-order valence-corrected chi connectivity index (χ4v) is 2.76. The summed E-state index contributed by atoms with van der Waals surface area (Å²) in [6.45, 7) is 5.53. The molecule has 86 valence electrons. The topological polar surface area (TPSA) is 41.1 Å². The maximum absolute atomic E-state index is 11.9. The van der Waals surface area contributed by atoms with E-state index in [2.05, 4.69) is 24.5 Å². The predicted molar refractivity (Wildman–Crippen MR) is 60.5 cm³/mol. The maximum atomic E-state index is 11.9. The summed E-state index contributed by atoms with van der Waals surface area (Å²) >= 11 is 0. The van der Waals surface area contributed by atoms with Crippen molar-refractivity contribution in [2.75, 3.05) is 6.54 Å². The van der Waals surface area contributed by atoms with E-state index < -0.39 is 0 Å². The summed E-state index contributed by atoms with van der Waals surface area (Å²) in [6, 6.07) is 0.489. The lowest BCUT2D eigenvalue weighted by atomic mass is 9.97. The van der Waals surface area contributed by atoms with Crippen molar-refractivity contribution in [1.82, 2.24) is 10.6 Å². The van der Waals surface area contributed by atoms with Crippen LogP contribution in [0.15, 0.2) is 0 Å². The van der Waals surface area contributed by atoms with Gasteiger partial charge in [0.05, 0.1) is 6.04 Å². The highest BCUT2D eigenvalue weighted by atomic mass is 16.2. The van der Waals surface area contributed by atoms with Crippen LogP contribution in [-0.2, 0) is 4.79 Å². The molecule has 1 amide bonds. The second kappa shape index (κ2) is 4.52. The molecular formula is C12H22N2O. The van der Waals surface area contributed by atoms with Gasteiger partial charge in [0.1, 0.15) is 0 Å². The van der Waals surface area contributed by atoms with Crippen LogP contribution in [0.4, 0.5) is 0 Å². The molecule has 3 heteroatoms. The van der Waals surface area contributed by atoms with Gasteiger partial charge in [-0.25, -0.2) is 0 Å². The third-order valence-electron chi connectivity index (χ3n) is 4.17. The van der Waals surface area contributed by atoms with E-state index in [9.17, 15) is 4.79 Å². The molecule has 2 N–H and O–H groups in total. The van der Waals surface area contributed by atoms with E-state index in [4.69, 9.17) is 0 Å². The minimum Gasteiger partial charge on any atom is -0.352 e. The summed E-state index contributed by atoms with van der Waals surface area (Å²) in [4.78, 5) is 11.9. The van der Waals surface area contributed by atoms with E-state index >= 15 is 0 Å². The predicted octanol–water partition coefficient (Wildman–Crippen LogP) is 1.29. The van der Waals surface area contributed by atoms with Crippen LogP contribution in [0, 0.1) is 11.8 Å². The van der Waals surface area contributed by atoms with E-state index in [0.29, 0.717) is 12.0 Å². The van der Waals surface area contributed by atoms with Crippen LogP contribution in [0.5, 0.6) is 0 Å². The normalized spacial score (nSPS) is 40.7. The Morgan fingerprint density at radius 2 is 2.07 bits per heavy atom. The van der Waals surface area contributed by atoms with Crippen molar-refractivity contribution >= 4 is 5.91 Å². The van der Waals surface area contributed by atoms with Gasteiger partial charge in [0.25, 0.3) is 0 Å². The van der Waals surface area contributed by atoms with E-state index in [0.717, 1.165) is 31.7 Å². The van der Waals surface area contributed by atoms with Crippen LogP contribution in [0.25, 0.3) is 0 Å². The van der Waals surface area contributed by atoms with Gasteiger partial charge in [-0.05, 0) is 44.1 Å². The molecule has 0 bridgehead atoms. The first kappa shape index (κ1) is 10.9. The largest absolute Gasteiger partial charge is 0.352 e. The molecule has 0 aromatic carbocycles. The third-order valence-corrected chi connectivity index (χ3v) is 4.17. The molecule has 2 rings (SSSR count). The van der Waals surface area contributed by atoms with Crippen molar-refractivity contribution in [3.8, 4) is 0 Å². The first-order chi connectivity index (χ1) is 7.18. The Bertz CT molecular complexity index is 236. The molecule has 15 heavy (non-hydrogen) atoms. The first-order valence-electron chi connectivity index (χ1n) is 6.22. The summed E-state index contributed by atoms with van der Waals surface area (Å²) in [7, 11) is 0. The number of amides is 1. The molecule has 4 unspecified atom stereocenters. The average Bonchev–Trinajstić information content (AvgIpc) is 2.83. The fraction of sp³-hybridized carbons (Fsp3) is 0.917. The second-order valence-electron chi connectivity index (χ2n) is 5.18. The second-order valence-corrected chi connectivity index (χ2v) is 5.18. The molecule has 3 nitrogen and oxygen atoms in total. The van der Waals surface area contributed by atoms with Gasteiger partial charge in [0, 0.05) is 6.04 Å². The first-order valence-corrected chi connectivity index (χ1v) is 6.22. The summed E-state index contributed by atoms with van der Waals surface area (Å²) in [5.74, 6) is 1.61. The average molecular weight is 210 g/mol. The van der Waals surface area contributed by atoms with Gasteiger partial charge in [-0.3, -0.25) is 4.79 Å². The molecule has 1 saturated heterocycles. The number of hydrogen-bond donors (Lipinski definition) is 2. The Labute approximate surface area is 92.0 Å². The lowest BCUT2D eigenvalue weighted by Gasteiger charge is -2.21. The molecule has 2 fully saturated rings. The van der Waals surface area contributed by atoms with Crippen LogP contribution in [-0.4, -0.2) is 24.5 Å². The van der Waals surface area contributed by atoms with Crippen LogP contribution < -0.4 is 10.6 Å². The van der Waals surface area contributed by atoms with E-state index in [1.54, 1.807) is 0 Å². The highest BCUT2D eigenvalue weighted by molar-refractivity contribution is 5.82. The zero-order valence-corrected chi connectivity index (χ0v) is 9.75. The quantitative estimate of drug-likeness (QED) is 0.721. The van der Waals surface area contributed by atoms with Crippen LogP contribution in [0.3, 0.4) is 0 Å². The fourth-order valence-electron chi connectivity index (χ4n) is 2.76. The minimum absolute atomic E-state index is 0.0770. The summed E-state index contributed by atoms with van der Waals surface area (Å²) in [6.07, 6.45) is 4.54. The smallest absolute Gasteiger partial charge is 0.237 e. The van der Waals surface area contributed by atoms with Gasteiger partial charge < -0.3 is 10.6 Å². The summed E-state index contributed by atoms with van der Waals surface area (Å²) in [5.41, 5.74) is 0. The zero-order valence-electron chi connectivity index (χ0n) is 9.75. The third kappa shape index (κ3) is 2.33. The SMILES string of the molecule is CC1CCC(NC(=O)C2CCCN2)C1C. The number of nitrogens with one attached hydrogen (secondary N) is 2. The van der Waals surface area contributed by atoms with Crippen molar-refractivity contribution < 1.29 is 4.79 Å². The van der Waals surface area contributed by atoms with Crippen LogP contribution >= 0.6 is 0 Å². The monoisotopic (exact) mass is 210 g/mol. The van der Waals surface area contributed by atoms with Crippen molar-refractivity contribution in [3.63, 3.8) is 0 Å². The highest BCUT2D eigenvalue weighted by Crippen LogP contribution is 2.31. The Morgan fingerprint density at radius 1 is 1.27 bits per heavy atom. The Balaban J connectivity index is 1.83. The number of hydrogen-bond acceptors (Lipinski definition) is 2. The summed E-state index contributed by atoms with van der Waals surface area (Å²) < 4.78 is 0. The Hall–Kier alpha value is -0.570. The van der Waals surface area contributed by atoms with Gasteiger partial charge in [-0.2, -0.15) is 0 Å². The van der Waals surface area contributed by atoms with Gasteiger partial charge >= 0.3 is 0 Å². The van der Waals surface area contributed by atoms with Crippen molar-refractivity contribution in [2.45, 2.75) is 51.6 Å². The van der Waals surface area contributed by atoms with Crippen LogP contribution in [0.1, 0.15) is 39.5 Å². The lowest BCUT2D eigenvalue weighted by Crippen LogP contribution is -2.46. The molecule has 2 aliphatic rings. The molecule has 0 radical (unpaired) electrons. The van der Waals surface area contributed by atoms with E-state index in [1.165, 1.54) is 6.42 Å². The Morgan fingerprint density at radius 3 is 2.60 bits per heavy atom. The van der Waals surface area contributed by atoms with Gasteiger partial charge in [0.2, 0.25) is 5.91 Å². The molecule has 4 atom stereocenters. The van der Waals surface area contributed by atoms with Crippen molar-refractivity contribution in [1.29, 1.82) is 0 Å². The van der Waals surface area contributed by atoms with Crippen molar-refractivity contribution in [2.24, 2.45) is 11.8 Å². The number of carbonyl (C=O) groups is 1. The maximum Gasteiger partial charge on any atom is 0.237 e. The van der Waals surface area contributed by atoms with Crippen LogP contribution in [0.2, 0.25) is 0 Å². The zero-order chi connectivity index (χ0) is 10.8. The molecule has 0 aromatic heterocycles. The number of rotatable bonds is 2. The minimum atomic E-state index is 0.0770. The number of carbonyl (C=O) groups excluding carboxylic acids is 1. The Kier molecular flexibility index (Phi) is 3.29. The van der Waals surface area contributed by atoms with E-state index in [-0.39, 0.29) is 11.9 Å². The highest BCUT2D eigenvalue weighted by Gasteiger charge is 2.32. The molecule has 0 spiro atoms. The summed E-state index contributed by atoms with van der Waals surface area (Å²) in [5, 5.41) is 6.44. The molecule has 1 aliphatic carbocycles. The van der Waals surface area contributed by atoms with Crippen molar-refractivity contribution in [3.05, 3.63) is 0 Å². The molecule has 1 saturated carbocycles. The molecular weight excluding hydrogens is 188 g/mol. The molecule has 0 aromatic rings. The molecule has 1 aliphatic heterocycles. The lowest BCUT2D eigenvalue weighted by molar-refractivity contribution is -0.123. The standard InChI is InChI=1S/C12H22N2O/c1-8-5-6-10(9(8)2)14-12(15)11-4-3-7-13-11/h8-11,13H,3-7H2,1-2H3,(H,14,15). The van der Waals surface area contributed by atoms with Gasteiger partial charge in [-0.1, -0.05) is 13.8 Å². The molecule has 1 heterocycles. The van der Waals surface area contributed by atoms with Gasteiger partial charge in [-0.15, -0.1) is 0 Å².